The van der Waals surface area contributed by atoms with Crippen molar-refractivity contribution >= 4 is 29.1 Å². The molecule has 2 aromatic carbocycles. The van der Waals surface area contributed by atoms with E-state index in [4.69, 9.17) is 4.74 Å². The summed E-state index contributed by atoms with van der Waals surface area (Å²) in [6, 6.07) is 15.0. The van der Waals surface area contributed by atoms with Crippen LogP contribution in [-0.2, 0) is 17.9 Å². The minimum absolute atomic E-state index is 0.0161. The van der Waals surface area contributed by atoms with Gasteiger partial charge in [-0.3, -0.25) is 9.59 Å². The number of anilines is 3. The van der Waals surface area contributed by atoms with Gasteiger partial charge in [0.2, 0.25) is 5.91 Å². The van der Waals surface area contributed by atoms with Gasteiger partial charge in [0.25, 0.3) is 5.91 Å². The van der Waals surface area contributed by atoms with Crippen LogP contribution in [0.3, 0.4) is 0 Å². The molecular weight excluding hydrogens is 382 g/mol. The minimum Gasteiger partial charge on any atom is -0.497 e. The van der Waals surface area contributed by atoms with E-state index in [1.54, 1.807) is 13.2 Å². The summed E-state index contributed by atoms with van der Waals surface area (Å²) in [6.07, 6.45) is 1.38. The van der Waals surface area contributed by atoms with Crippen molar-refractivity contribution in [3.8, 4) is 5.75 Å². The van der Waals surface area contributed by atoms with Gasteiger partial charge in [-0.25, -0.2) is 9.97 Å². The highest BCUT2D eigenvalue weighted by Crippen LogP contribution is 2.28. The lowest BCUT2D eigenvalue weighted by Crippen LogP contribution is -2.23. The van der Waals surface area contributed by atoms with Crippen molar-refractivity contribution in [3.05, 3.63) is 71.5 Å². The van der Waals surface area contributed by atoms with Crippen LogP contribution in [-0.4, -0.2) is 33.8 Å². The third-order valence-electron chi connectivity index (χ3n) is 4.76. The van der Waals surface area contributed by atoms with Gasteiger partial charge in [0, 0.05) is 37.3 Å². The Kier molecular flexibility index (Phi) is 5.30. The van der Waals surface area contributed by atoms with Gasteiger partial charge < -0.3 is 20.3 Å². The molecule has 0 aliphatic carbocycles. The van der Waals surface area contributed by atoms with Crippen LogP contribution in [0.25, 0.3) is 0 Å². The van der Waals surface area contributed by atoms with E-state index in [0.29, 0.717) is 30.3 Å². The SMILES string of the molecule is COc1ccc(CN2Cc3cc(Nc4cc(NC(C)=O)ncn4)ccc3C2=O)cc1. The number of benzene rings is 2. The Morgan fingerprint density at radius 1 is 1.10 bits per heavy atom. The first kappa shape index (κ1) is 19.4. The number of methoxy groups -OCH3 is 1. The predicted molar refractivity (Wildman–Crippen MR) is 113 cm³/mol. The average molecular weight is 403 g/mol. The number of amides is 2. The second-order valence-electron chi connectivity index (χ2n) is 6.98. The zero-order valence-electron chi connectivity index (χ0n) is 16.7. The molecule has 0 spiro atoms. The number of ether oxygens (including phenoxy) is 1. The zero-order chi connectivity index (χ0) is 21.1. The van der Waals surface area contributed by atoms with Crippen molar-refractivity contribution in [2.45, 2.75) is 20.0 Å². The average Bonchev–Trinajstić information content (AvgIpc) is 3.03. The van der Waals surface area contributed by atoms with Gasteiger partial charge in [-0.05, 0) is 41.5 Å². The van der Waals surface area contributed by atoms with E-state index >= 15 is 0 Å². The van der Waals surface area contributed by atoms with Gasteiger partial charge in [0.05, 0.1) is 7.11 Å². The summed E-state index contributed by atoms with van der Waals surface area (Å²) in [4.78, 5) is 34.0. The van der Waals surface area contributed by atoms with Crippen LogP contribution >= 0.6 is 0 Å². The van der Waals surface area contributed by atoms with Crippen molar-refractivity contribution in [2.75, 3.05) is 17.7 Å². The lowest BCUT2D eigenvalue weighted by atomic mass is 10.1. The number of nitrogens with zero attached hydrogens (tertiary/aromatic N) is 3. The minimum atomic E-state index is -0.201. The highest BCUT2D eigenvalue weighted by Gasteiger charge is 2.27. The molecule has 0 bridgehead atoms. The van der Waals surface area contributed by atoms with E-state index in [2.05, 4.69) is 20.6 Å². The Bertz CT molecular complexity index is 1100. The number of carbonyl (C=O) groups is 2. The molecule has 0 fully saturated rings. The molecule has 2 heterocycles. The molecule has 0 unspecified atom stereocenters. The smallest absolute Gasteiger partial charge is 0.254 e. The Balaban J connectivity index is 1.47. The summed E-state index contributed by atoms with van der Waals surface area (Å²) in [5.74, 6) is 1.57. The molecule has 0 radical (unpaired) electrons. The Labute approximate surface area is 173 Å². The van der Waals surface area contributed by atoms with Crippen LogP contribution in [0.4, 0.5) is 17.3 Å². The quantitative estimate of drug-likeness (QED) is 0.655. The van der Waals surface area contributed by atoms with Gasteiger partial charge in [-0.2, -0.15) is 0 Å². The third kappa shape index (κ3) is 4.22. The standard InChI is InChI=1S/C22H21N5O3/c1-14(28)25-20-10-21(24-13-23-20)26-17-5-8-19-16(9-17)12-27(22(19)29)11-15-3-6-18(30-2)7-4-15/h3-10,13H,11-12H2,1-2H3,(H2,23,24,25,26,28). The number of hydrogen-bond acceptors (Lipinski definition) is 6. The predicted octanol–water partition coefficient (Wildman–Crippen LogP) is 3.34. The van der Waals surface area contributed by atoms with E-state index in [0.717, 1.165) is 22.6 Å². The number of nitrogens with one attached hydrogen (secondary N) is 2. The highest BCUT2D eigenvalue weighted by molar-refractivity contribution is 5.98. The van der Waals surface area contributed by atoms with E-state index in [1.165, 1.54) is 13.3 Å². The maximum absolute atomic E-state index is 12.8. The summed E-state index contributed by atoms with van der Waals surface area (Å²) in [7, 11) is 1.63. The lowest BCUT2D eigenvalue weighted by Gasteiger charge is -2.15. The van der Waals surface area contributed by atoms with Crippen LogP contribution in [0.15, 0.2) is 54.9 Å². The van der Waals surface area contributed by atoms with E-state index in [-0.39, 0.29) is 11.8 Å². The maximum atomic E-state index is 12.8. The number of rotatable bonds is 6. The van der Waals surface area contributed by atoms with Crippen molar-refractivity contribution in [1.82, 2.24) is 14.9 Å². The van der Waals surface area contributed by atoms with Crippen LogP contribution in [0, 0.1) is 0 Å². The molecule has 8 nitrogen and oxygen atoms in total. The Morgan fingerprint density at radius 2 is 1.87 bits per heavy atom. The first-order chi connectivity index (χ1) is 14.5. The van der Waals surface area contributed by atoms with E-state index < -0.39 is 0 Å². The number of aromatic nitrogens is 2. The van der Waals surface area contributed by atoms with Gasteiger partial charge in [-0.15, -0.1) is 0 Å². The number of carbonyl (C=O) groups excluding carboxylic acids is 2. The topological polar surface area (TPSA) is 96.5 Å². The van der Waals surface area contributed by atoms with Crippen LogP contribution in [0.1, 0.15) is 28.4 Å². The van der Waals surface area contributed by atoms with Crippen molar-refractivity contribution in [1.29, 1.82) is 0 Å². The molecule has 0 saturated heterocycles. The van der Waals surface area contributed by atoms with Crippen LogP contribution in [0.5, 0.6) is 5.75 Å². The fraction of sp³-hybridized carbons (Fsp3) is 0.182. The van der Waals surface area contributed by atoms with Gasteiger partial charge >= 0.3 is 0 Å². The summed E-state index contributed by atoms with van der Waals surface area (Å²) in [5, 5.41) is 5.82. The Morgan fingerprint density at radius 3 is 2.60 bits per heavy atom. The first-order valence-electron chi connectivity index (χ1n) is 9.43. The van der Waals surface area contributed by atoms with Crippen molar-refractivity contribution < 1.29 is 14.3 Å². The summed E-state index contributed by atoms with van der Waals surface area (Å²) < 4.78 is 5.18. The molecule has 4 rings (SSSR count). The molecule has 1 aromatic heterocycles. The number of fused-ring (bicyclic) bond motifs is 1. The molecule has 3 aromatic rings. The van der Waals surface area contributed by atoms with Crippen molar-refractivity contribution in [2.24, 2.45) is 0 Å². The molecule has 1 aliphatic heterocycles. The fourth-order valence-electron chi connectivity index (χ4n) is 3.36. The Hall–Kier alpha value is -3.94. The normalized spacial score (nSPS) is 12.5. The molecule has 0 saturated carbocycles. The molecule has 2 amide bonds. The van der Waals surface area contributed by atoms with Gasteiger partial charge in [0.15, 0.2) is 0 Å². The largest absolute Gasteiger partial charge is 0.497 e. The summed E-state index contributed by atoms with van der Waals surface area (Å²) in [6.45, 7) is 2.49. The molecule has 1 aliphatic rings. The van der Waals surface area contributed by atoms with E-state index in [9.17, 15) is 9.59 Å². The van der Waals surface area contributed by atoms with E-state index in [1.807, 2.05) is 47.4 Å². The molecule has 8 heteroatoms. The summed E-state index contributed by atoms with van der Waals surface area (Å²) in [5.41, 5.74) is 3.51. The summed E-state index contributed by atoms with van der Waals surface area (Å²) >= 11 is 0. The molecular formula is C22H21N5O3. The molecule has 30 heavy (non-hydrogen) atoms. The monoisotopic (exact) mass is 403 g/mol. The highest BCUT2D eigenvalue weighted by atomic mass is 16.5. The zero-order valence-corrected chi connectivity index (χ0v) is 16.7. The van der Waals surface area contributed by atoms with Crippen LogP contribution < -0.4 is 15.4 Å². The van der Waals surface area contributed by atoms with Gasteiger partial charge in [-0.1, -0.05) is 12.1 Å². The number of hydrogen-bond donors (Lipinski definition) is 2. The molecule has 2 N–H and O–H groups in total. The fourth-order valence-corrected chi connectivity index (χ4v) is 3.36. The lowest BCUT2D eigenvalue weighted by molar-refractivity contribution is -0.114. The first-order valence-corrected chi connectivity index (χ1v) is 9.43. The maximum Gasteiger partial charge on any atom is 0.254 e. The molecule has 152 valence electrons. The third-order valence-corrected chi connectivity index (χ3v) is 4.76. The second-order valence-corrected chi connectivity index (χ2v) is 6.98. The van der Waals surface area contributed by atoms with Gasteiger partial charge in [0.1, 0.15) is 23.7 Å². The van der Waals surface area contributed by atoms with Crippen LogP contribution in [0.2, 0.25) is 0 Å². The molecule has 0 atom stereocenters. The van der Waals surface area contributed by atoms with Crippen molar-refractivity contribution in [3.63, 3.8) is 0 Å². The second kappa shape index (κ2) is 8.20.